The number of aromatic hydroxyl groups is 1. The van der Waals surface area contributed by atoms with Gasteiger partial charge in [-0.05, 0) is 30.5 Å². The minimum Gasteiger partial charge on any atom is -0.505 e. The van der Waals surface area contributed by atoms with Crippen molar-refractivity contribution in [3.8, 4) is 5.75 Å². The Balaban J connectivity index is 1.63. The van der Waals surface area contributed by atoms with Gasteiger partial charge in [-0.2, -0.15) is 0 Å². The van der Waals surface area contributed by atoms with E-state index < -0.39 is 11.9 Å². The van der Waals surface area contributed by atoms with E-state index in [9.17, 15) is 19.8 Å². The normalized spacial score (nSPS) is 19.4. The van der Waals surface area contributed by atoms with Gasteiger partial charge in [-0.3, -0.25) is 9.59 Å². The Bertz CT molecular complexity index is 1010. The highest BCUT2D eigenvalue weighted by atomic mass is 16.3. The predicted octanol–water partition coefficient (Wildman–Crippen LogP) is 1.94. The largest absolute Gasteiger partial charge is 0.505 e. The fourth-order valence-electron chi connectivity index (χ4n) is 3.54. The Labute approximate surface area is 168 Å². The number of carbonyl (C=O) groups is 2. The van der Waals surface area contributed by atoms with Crippen molar-refractivity contribution in [2.24, 2.45) is 0 Å². The molecule has 1 fully saturated rings. The highest BCUT2D eigenvalue weighted by Crippen LogP contribution is 2.47. The van der Waals surface area contributed by atoms with Crippen LogP contribution in [0.4, 0.5) is 5.69 Å². The zero-order valence-corrected chi connectivity index (χ0v) is 16.3. The van der Waals surface area contributed by atoms with Crippen LogP contribution in [0.15, 0.2) is 59.9 Å². The van der Waals surface area contributed by atoms with Crippen LogP contribution in [-0.4, -0.2) is 47.0 Å². The first-order valence-corrected chi connectivity index (χ1v) is 9.45. The number of nitrogens with one attached hydrogen (secondary N) is 2. The standard InChI is InChI=1S/C22H23N3O4/c1-25(2)21(29)14-9-6-10-15(18(14)26)23-16-17(20(28)19(16)27)24-22(11-12-22)13-7-4-3-5-8-13/h3-10,20,23-24,26,28H,11-12H2,1-2H3. The molecule has 150 valence electrons. The average Bonchev–Trinajstić information content (AvgIpc) is 3.52. The molecule has 29 heavy (non-hydrogen) atoms. The summed E-state index contributed by atoms with van der Waals surface area (Å²) < 4.78 is 0. The van der Waals surface area contributed by atoms with Gasteiger partial charge in [0.1, 0.15) is 5.70 Å². The van der Waals surface area contributed by atoms with Gasteiger partial charge >= 0.3 is 0 Å². The van der Waals surface area contributed by atoms with E-state index in [2.05, 4.69) is 10.6 Å². The number of rotatable bonds is 6. The van der Waals surface area contributed by atoms with Crippen LogP contribution < -0.4 is 10.6 Å². The number of amides is 1. The molecule has 4 N–H and O–H groups in total. The van der Waals surface area contributed by atoms with Crippen molar-refractivity contribution < 1.29 is 19.8 Å². The first-order chi connectivity index (χ1) is 13.8. The van der Waals surface area contributed by atoms with E-state index in [1.54, 1.807) is 26.2 Å². The number of Topliss-reactive ketones (excluding diaryl/α,β-unsaturated/α-hetero) is 1. The van der Waals surface area contributed by atoms with Crippen molar-refractivity contribution in [1.29, 1.82) is 0 Å². The zero-order chi connectivity index (χ0) is 20.8. The van der Waals surface area contributed by atoms with Gasteiger partial charge in [0.05, 0.1) is 22.5 Å². The summed E-state index contributed by atoms with van der Waals surface area (Å²) in [6.45, 7) is 0. The van der Waals surface area contributed by atoms with Crippen LogP contribution in [0.25, 0.3) is 0 Å². The lowest BCUT2D eigenvalue weighted by molar-refractivity contribution is -0.124. The molecule has 2 aliphatic carbocycles. The molecule has 0 radical (unpaired) electrons. The molecule has 0 spiro atoms. The van der Waals surface area contributed by atoms with Gasteiger partial charge in [-0.1, -0.05) is 36.4 Å². The molecule has 0 aliphatic heterocycles. The molecule has 2 aromatic rings. The third-order valence-corrected chi connectivity index (χ3v) is 5.42. The Morgan fingerprint density at radius 1 is 1.10 bits per heavy atom. The number of phenolic OH excluding ortho intramolecular Hbond substituents is 1. The number of nitrogens with zero attached hydrogens (tertiary/aromatic N) is 1. The van der Waals surface area contributed by atoms with Gasteiger partial charge < -0.3 is 25.7 Å². The predicted molar refractivity (Wildman–Crippen MR) is 108 cm³/mol. The Kier molecular flexibility index (Phi) is 4.55. The lowest BCUT2D eigenvalue weighted by atomic mass is 9.92. The Morgan fingerprint density at radius 2 is 1.79 bits per heavy atom. The van der Waals surface area contributed by atoms with Crippen LogP contribution in [0.3, 0.4) is 0 Å². The number of para-hydroxylation sites is 1. The van der Waals surface area contributed by atoms with Gasteiger partial charge in [0.25, 0.3) is 5.91 Å². The Morgan fingerprint density at radius 3 is 2.41 bits per heavy atom. The fraction of sp³-hybridized carbons (Fsp3) is 0.273. The van der Waals surface area contributed by atoms with Crippen molar-refractivity contribution >= 4 is 17.4 Å². The molecule has 2 aliphatic rings. The molecule has 7 nitrogen and oxygen atoms in total. The van der Waals surface area contributed by atoms with E-state index in [1.165, 1.54) is 11.0 Å². The van der Waals surface area contributed by atoms with E-state index in [4.69, 9.17) is 0 Å². The topological polar surface area (TPSA) is 102 Å². The van der Waals surface area contributed by atoms with Crippen molar-refractivity contribution in [1.82, 2.24) is 10.2 Å². The quantitative estimate of drug-likeness (QED) is 0.560. The summed E-state index contributed by atoms with van der Waals surface area (Å²) in [5.41, 5.74) is 1.77. The molecular weight excluding hydrogens is 370 g/mol. The summed E-state index contributed by atoms with van der Waals surface area (Å²) in [5.74, 6) is -1.05. The van der Waals surface area contributed by atoms with Crippen LogP contribution in [0.2, 0.25) is 0 Å². The van der Waals surface area contributed by atoms with Crippen molar-refractivity contribution in [3.05, 3.63) is 71.1 Å². The van der Waals surface area contributed by atoms with Crippen molar-refractivity contribution in [3.63, 3.8) is 0 Å². The molecule has 2 aromatic carbocycles. The summed E-state index contributed by atoms with van der Waals surface area (Å²) in [5, 5.41) is 27.0. The molecule has 0 bridgehead atoms. The zero-order valence-electron chi connectivity index (χ0n) is 16.3. The molecule has 0 saturated heterocycles. The number of anilines is 1. The summed E-state index contributed by atoms with van der Waals surface area (Å²) >= 11 is 0. The van der Waals surface area contributed by atoms with Gasteiger partial charge in [-0.15, -0.1) is 0 Å². The minimum atomic E-state index is -1.23. The lowest BCUT2D eigenvalue weighted by Gasteiger charge is -2.33. The molecule has 0 heterocycles. The first-order valence-electron chi connectivity index (χ1n) is 9.45. The second-order valence-electron chi connectivity index (χ2n) is 7.65. The maximum absolute atomic E-state index is 12.3. The summed E-state index contributed by atoms with van der Waals surface area (Å²) in [7, 11) is 3.19. The molecule has 1 saturated carbocycles. The van der Waals surface area contributed by atoms with Gasteiger partial charge in [0.15, 0.2) is 11.9 Å². The number of carbonyl (C=O) groups excluding carboxylic acids is 2. The van der Waals surface area contributed by atoms with Gasteiger partial charge in [0, 0.05) is 14.1 Å². The maximum atomic E-state index is 12.3. The third kappa shape index (κ3) is 3.23. The molecule has 4 rings (SSSR count). The highest BCUT2D eigenvalue weighted by Gasteiger charge is 2.49. The maximum Gasteiger partial charge on any atom is 0.257 e. The molecular formula is C22H23N3O4. The fourth-order valence-corrected chi connectivity index (χ4v) is 3.54. The van der Waals surface area contributed by atoms with Crippen LogP contribution in [-0.2, 0) is 10.3 Å². The van der Waals surface area contributed by atoms with Crippen molar-refractivity contribution in [2.75, 3.05) is 19.4 Å². The van der Waals surface area contributed by atoms with E-state index in [1.807, 2.05) is 30.3 Å². The number of phenols is 1. The first kappa shape index (κ1) is 19.0. The average molecular weight is 393 g/mol. The van der Waals surface area contributed by atoms with E-state index >= 15 is 0 Å². The molecule has 1 amide bonds. The summed E-state index contributed by atoms with van der Waals surface area (Å²) in [6, 6.07) is 14.6. The number of ketones is 1. The third-order valence-electron chi connectivity index (χ3n) is 5.42. The van der Waals surface area contributed by atoms with Crippen LogP contribution >= 0.6 is 0 Å². The number of benzene rings is 2. The van der Waals surface area contributed by atoms with E-state index in [0.717, 1.165) is 18.4 Å². The van der Waals surface area contributed by atoms with Gasteiger partial charge in [0.2, 0.25) is 5.78 Å². The van der Waals surface area contributed by atoms with Crippen molar-refractivity contribution in [2.45, 2.75) is 24.5 Å². The van der Waals surface area contributed by atoms with E-state index in [-0.39, 0.29) is 34.1 Å². The number of aliphatic hydroxyl groups excluding tert-OH is 1. The van der Waals surface area contributed by atoms with Crippen LogP contribution in [0.1, 0.15) is 28.8 Å². The smallest absolute Gasteiger partial charge is 0.257 e. The minimum absolute atomic E-state index is 0.130. The second-order valence-corrected chi connectivity index (χ2v) is 7.65. The van der Waals surface area contributed by atoms with Crippen LogP contribution in [0.5, 0.6) is 5.75 Å². The summed E-state index contributed by atoms with van der Waals surface area (Å²) in [4.78, 5) is 25.9. The number of hydrogen-bond donors (Lipinski definition) is 4. The number of hydrogen-bond acceptors (Lipinski definition) is 6. The summed E-state index contributed by atoms with van der Waals surface area (Å²) in [6.07, 6.45) is 0.562. The van der Waals surface area contributed by atoms with Crippen LogP contribution in [0, 0.1) is 0 Å². The Hall–Kier alpha value is -3.32. The second kappa shape index (κ2) is 6.93. The van der Waals surface area contributed by atoms with Gasteiger partial charge in [-0.25, -0.2) is 0 Å². The number of aliphatic hydroxyl groups is 1. The SMILES string of the molecule is CN(C)C(=O)c1cccc(NC2=C(NC3(c4ccccc4)CC3)C(O)C2=O)c1O. The lowest BCUT2D eigenvalue weighted by Crippen LogP contribution is -2.48. The molecule has 7 heteroatoms. The molecule has 1 unspecified atom stereocenters. The molecule has 1 atom stereocenters. The monoisotopic (exact) mass is 393 g/mol. The van der Waals surface area contributed by atoms with E-state index in [0.29, 0.717) is 5.70 Å². The molecule has 0 aromatic heterocycles. The highest BCUT2D eigenvalue weighted by molar-refractivity contribution is 6.11.